The van der Waals surface area contributed by atoms with E-state index in [1.807, 2.05) is 33.0 Å². The number of carbonyl (C=O) groups is 2. The third kappa shape index (κ3) is 5.31. The van der Waals surface area contributed by atoms with E-state index in [0.29, 0.717) is 49.1 Å². The van der Waals surface area contributed by atoms with Crippen LogP contribution in [-0.2, 0) is 11.3 Å². The summed E-state index contributed by atoms with van der Waals surface area (Å²) in [7, 11) is 0. The summed E-state index contributed by atoms with van der Waals surface area (Å²) in [5.74, 6) is -0.153. The molecular weight excluding hydrogens is 406 g/mol. The number of hydrogen-bond acceptors (Lipinski definition) is 4. The second-order valence-corrected chi connectivity index (χ2v) is 7.88. The predicted octanol–water partition coefficient (Wildman–Crippen LogP) is 3.34. The molecule has 30 heavy (non-hydrogen) atoms. The molecular formula is C21H28ClN5O3. The predicted molar refractivity (Wildman–Crippen MR) is 116 cm³/mol. The summed E-state index contributed by atoms with van der Waals surface area (Å²) >= 11 is 6.27. The van der Waals surface area contributed by atoms with Gasteiger partial charge in [-0.3, -0.25) is 9.48 Å². The van der Waals surface area contributed by atoms with Gasteiger partial charge < -0.3 is 19.9 Å². The maximum Gasteiger partial charge on any atom is 0.322 e. The number of rotatable bonds is 6. The van der Waals surface area contributed by atoms with Gasteiger partial charge in [0.05, 0.1) is 36.4 Å². The minimum absolute atomic E-state index is 0.0527. The lowest BCUT2D eigenvalue weighted by molar-refractivity contribution is -0.0219. The number of nitrogens with one attached hydrogen (secondary N) is 1. The van der Waals surface area contributed by atoms with E-state index in [2.05, 4.69) is 10.4 Å². The topological polar surface area (TPSA) is 79.7 Å². The van der Waals surface area contributed by atoms with Crippen LogP contribution in [0.2, 0.25) is 5.02 Å². The maximum atomic E-state index is 12.9. The molecule has 0 radical (unpaired) electrons. The highest BCUT2D eigenvalue weighted by atomic mass is 35.5. The number of morpholine rings is 1. The first kappa shape index (κ1) is 22.1. The molecule has 0 spiro atoms. The number of urea groups is 1. The molecule has 9 heteroatoms. The van der Waals surface area contributed by atoms with Gasteiger partial charge in [-0.1, -0.05) is 11.6 Å². The zero-order valence-corrected chi connectivity index (χ0v) is 18.3. The van der Waals surface area contributed by atoms with Crippen LogP contribution in [0.4, 0.5) is 10.5 Å². The molecule has 1 aliphatic heterocycles. The van der Waals surface area contributed by atoms with Gasteiger partial charge in [-0.05, 0) is 45.0 Å². The number of carbonyl (C=O) groups excluding carboxylic acids is 2. The molecule has 0 bridgehead atoms. The highest BCUT2D eigenvalue weighted by molar-refractivity contribution is 6.34. The lowest BCUT2D eigenvalue weighted by atomic mass is 10.1. The Hall–Kier alpha value is -2.58. The normalized spacial score (nSPS) is 16.6. The van der Waals surface area contributed by atoms with Crippen LogP contribution >= 0.6 is 11.6 Å². The molecule has 2 heterocycles. The average molecular weight is 434 g/mol. The molecule has 1 aromatic heterocycles. The number of halogens is 1. The number of nitrogens with zero attached hydrogens (tertiary/aromatic N) is 4. The second-order valence-electron chi connectivity index (χ2n) is 7.48. The average Bonchev–Trinajstić information content (AvgIpc) is 3.22. The lowest BCUT2D eigenvalue weighted by Gasteiger charge is -2.33. The van der Waals surface area contributed by atoms with Crippen LogP contribution in [0, 0.1) is 0 Å². The van der Waals surface area contributed by atoms with Gasteiger partial charge in [0.1, 0.15) is 0 Å². The quantitative estimate of drug-likeness (QED) is 0.757. The number of amides is 3. The Bertz CT molecular complexity index is 872. The van der Waals surface area contributed by atoms with E-state index in [9.17, 15) is 9.59 Å². The van der Waals surface area contributed by atoms with Crippen molar-refractivity contribution in [1.29, 1.82) is 0 Å². The summed E-state index contributed by atoms with van der Waals surface area (Å²) < 4.78 is 7.55. The largest absolute Gasteiger partial charge is 0.373 e. The van der Waals surface area contributed by atoms with Gasteiger partial charge in [-0.25, -0.2) is 4.79 Å². The van der Waals surface area contributed by atoms with Gasteiger partial charge in [-0.2, -0.15) is 5.10 Å². The van der Waals surface area contributed by atoms with Crippen LogP contribution in [0.5, 0.6) is 0 Å². The van der Waals surface area contributed by atoms with Gasteiger partial charge in [0.25, 0.3) is 5.91 Å². The van der Waals surface area contributed by atoms with Gasteiger partial charge in [0.15, 0.2) is 0 Å². The van der Waals surface area contributed by atoms with Crippen molar-refractivity contribution >= 4 is 29.2 Å². The molecule has 2 aromatic rings. The fourth-order valence-electron chi connectivity index (χ4n) is 3.50. The van der Waals surface area contributed by atoms with Crippen LogP contribution in [0.25, 0.3) is 0 Å². The fourth-order valence-corrected chi connectivity index (χ4v) is 3.70. The van der Waals surface area contributed by atoms with Crippen molar-refractivity contribution in [2.24, 2.45) is 0 Å². The van der Waals surface area contributed by atoms with Crippen molar-refractivity contribution in [3.8, 4) is 0 Å². The Kier molecular flexibility index (Phi) is 7.33. The Morgan fingerprint density at radius 2 is 2.20 bits per heavy atom. The van der Waals surface area contributed by atoms with Crippen molar-refractivity contribution in [2.45, 2.75) is 39.5 Å². The van der Waals surface area contributed by atoms with E-state index in [0.717, 1.165) is 0 Å². The first-order chi connectivity index (χ1) is 14.4. The first-order valence-electron chi connectivity index (χ1n) is 10.1. The van der Waals surface area contributed by atoms with Crippen molar-refractivity contribution in [2.75, 3.05) is 31.6 Å². The molecule has 1 aromatic carbocycles. The Morgan fingerprint density at radius 3 is 2.87 bits per heavy atom. The summed E-state index contributed by atoms with van der Waals surface area (Å²) in [6, 6.07) is 6.64. The summed E-state index contributed by atoms with van der Waals surface area (Å²) in [4.78, 5) is 29.1. The van der Waals surface area contributed by atoms with Gasteiger partial charge >= 0.3 is 6.03 Å². The Morgan fingerprint density at radius 1 is 1.40 bits per heavy atom. The van der Waals surface area contributed by atoms with E-state index < -0.39 is 0 Å². The molecule has 3 rings (SSSR count). The highest BCUT2D eigenvalue weighted by Gasteiger charge is 2.25. The van der Waals surface area contributed by atoms with Crippen LogP contribution in [0.3, 0.4) is 0 Å². The van der Waals surface area contributed by atoms with Crippen LogP contribution < -0.4 is 5.32 Å². The van der Waals surface area contributed by atoms with Gasteiger partial charge in [-0.15, -0.1) is 0 Å². The summed E-state index contributed by atoms with van der Waals surface area (Å²) in [6.07, 6.45) is 3.45. The third-order valence-corrected chi connectivity index (χ3v) is 5.38. The van der Waals surface area contributed by atoms with Crippen LogP contribution in [0.15, 0.2) is 36.7 Å². The van der Waals surface area contributed by atoms with E-state index in [-0.39, 0.29) is 24.1 Å². The molecule has 8 nitrogen and oxygen atoms in total. The molecule has 3 amide bonds. The molecule has 1 atom stereocenters. The number of ether oxygens (including phenoxy) is 1. The van der Waals surface area contributed by atoms with E-state index in [4.69, 9.17) is 16.3 Å². The highest BCUT2D eigenvalue weighted by Crippen LogP contribution is 2.23. The van der Waals surface area contributed by atoms with E-state index in [1.54, 1.807) is 38.9 Å². The number of hydrogen-bond donors (Lipinski definition) is 1. The summed E-state index contributed by atoms with van der Waals surface area (Å²) in [5.41, 5.74) is 0.909. The van der Waals surface area contributed by atoms with Gasteiger partial charge in [0, 0.05) is 37.2 Å². The van der Waals surface area contributed by atoms with Crippen LogP contribution in [-0.4, -0.2) is 69.9 Å². The molecule has 0 aliphatic carbocycles. The smallest absolute Gasteiger partial charge is 0.322 e. The monoisotopic (exact) mass is 433 g/mol. The molecule has 0 saturated carbocycles. The SMILES string of the molecule is CCN(C(=O)c1cc(NC(=O)N2CCOC(Cn3cccn3)C2)ccc1Cl)C(C)C. The minimum atomic E-state index is -0.235. The standard InChI is InChI=1S/C21H28ClN5O3/c1-4-27(15(2)3)20(28)18-12-16(6-7-19(18)22)24-21(29)25-10-11-30-17(13-25)14-26-9-5-8-23-26/h5-9,12,15,17H,4,10-11,13-14H2,1-3H3,(H,24,29). The summed E-state index contributed by atoms with van der Waals surface area (Å²) in [5, 5.41) is 7.43. The zero-order valence-electron chi connectivity index (χ0n) is 17.5. The first-order valence-corrected chi connectivity index (χ1v) is 10.5. The lowest BCUT2D eigenvalue weighted by Crippen LogP contribution is -2.48. The molecule has 1 N–H and O–H groups in total. The van der Waals surface area contributed by atoms with Crippen molar-refractivity contribution in [3.63, 3.8) is 0 Å². The molecule has 1 saturated heterocycles. The van der Waals surface area contributed by atoms with E-state index in [1.165, 1.54) is 0 Å². The zero-order chi connectivity index (χ0) is 21.7. The number of anilines is 1. The second kappa shape index (κ2) is 9.95. The maximum absolute atomic E-state index is 12.9. The van der Waals surface area contributed by atoms with Gasteiger partial charge in [0.2, 0.25) is 0 Å². The number of aromatic nitrogens is 2. The van der Waals surface area contributed by atoms with Crippen molar-refractivity contribution in [3.05, 3.63) is 47.2 Å². The molecule has 1 fully saturated rings. The van der Waals surface area contributed by atoms with Crippen molar-refractivity contribution in [1.82, 2.24) is 19.6 Å². The third-order valence-electron chi connectivity index (χ3n) is 5.05. The Balaban J connectivity index is 1.66. The summed E-state index contributed by atoms with van der Waals surface area (Å²) in [6.45, 7) is 8.42. The molecule has 1 unspecified atom stereocenters. The molecule has 162 valence electrons. The fraction of sp³-hybridized carbons (Fsp3) is 0.476. The minimum Gasteiger partial charge on any atom is -0.373 e. The van der Waals surface area contributed by atoms with Crippen molar-refractivity contribution < 1.29 is 14.3 Å². The van der Waals surface area contributed by atoms with E-state index >= 15 is 0 Å². The Labute approximate surface area is 181 Å². The number of benzene rings is 1. The van der Waals surface area contributed by atoms with Crippen LogP contribution in [0.1, 0.15) is 31.1 Å². The molecule has 1 aliphatic rings.